The van der Waals surface area contributed by atoms with Crippen LogP contribution in [0.1, 0.15) is 39.7 Å². The fraction of sp³-hybridized carbons (Fsp3) is 0.227. The van der Waals surface area contributed by atoms with Gasteiger partial charge in [-0.2, -0.15) is 0 Å². The number of fused-ring (bicyclic) bond motifs is 1. The number of hydrogen-bond acceptors (Lipinski definition) is 5. The Balaban J connectivity index is 1.49. The van der Waals surface area contributed by atoms with Crippen molar-refractivity contribution >= 4 is 57.2 Å². The van der Waals surface area contributed by atoms with E-state index in [0.29, 0.717) is 38.6 Å². The van der Waals surface area contributed by atoms with Gasteiger partial charge in [-0.25, -0.2) is 4.98 Å². The highest BCUT2D eigenvalue weighted by Crippen LogP contribution is 2.37. The molecule has 1 aromatic heterocycles. The first kappa shape index (κ1) is 21.6. The summed E-state index contributed by atoms with van der Waals surface area (Å²) in [5, 5.41) is 7.02. The van der Waals surface area contributed by atoms with Gasteiger partial charge in [0.05, 0.1) is 28.8 Å². The van der Waals surface area contributed by atoms with E-state index in [4.69, 9.17) is 27.9 Å². The largest absolute Gasteiger partial charge is 0.497 e. The number of halogens is 2. The summed E-state index contributed by atoms with van der Waals surface area (Å²) in [6, 6.07) is 11.8. The van der Waals surface area contributed by atoms with E-state index in [-0.39, 0.29) is 17.7 Å². The maximum atomic E-state index is 12.9. The summed E-state index contributed by atoms with van der Waals surface area (Å²) in [7, 11) is 1.57. The second-order valence-corrected chi connectivity index (χ2v) is 8.97. The molecule has 6 nitrogen and oxygen atoms in total. The zero-order chi connectivity index (χ0) is 22.0. The highest BCUT2D eigenvalue weighted by molar-refractivity contribution is 7.16. The average Bonchev–Trinajstić information content (AvgIpc) is 3.18. The molecule has 0 bridgehead atoms. The van der Waals surface area contributed by atoms with Gasteiger partial charge in [-0.3, -0.25) is 14.9 Å². The van der Waals surface area contributed by atoms with Crippen LogP contribution in [0.3, 0.4) is 0 Å². The lowest BCUT2D eigenvalue weighted by molar-refractivity contribution is -0.117. The number of anilines is 2. The standard InChI is InChI=1S/C22H19Cl2N3O3S/c1-30-14-8-5-12(6-9-14)20(28)27-22-26-19-15(3-2-4-18(19)31-22)21(29)25-13-7-10-16(23)17(24)11-13/h5-11,15H,2-4H2,1H3,(H,25,29)(H,26,27,28). The summed E-state index contributed by atoms with van der Waals surface area (Å²) >= 11 is 13.4. The summed E-state index contributed by atoms with van der Waals surface area (Å²) in [6.07, 6.45) is 2.40. The molecule has 1 heterocycles. The molecule has 2 amide bonds. The molecule has 1 aliphatic rings. The van der Waals surface area contributed by atoms with Gasteiger partial charge in [-0.05, 0) is 61.7 Å². The Labute approximate surface area is 193 Å². The molecule has 0 radical (unpaired) electrons. The number of carbonyl (C=O) groups excluding carboxylic acids is 2. The minimum absolute atomic E-state index is 0.155. The molecular formula is C22H19Cl2N3O3S. The van der Waals surface area contributed by atoms with E-state index in [1.165, 1.54) is 11.3 Å². The molecular weight excluding hydrogens is 457 g/mol. The van der Waals surface area contributed by atoms with Crippen molar-refractivity contribution in [2.75, 3.05) is 17.7 Å². The average molecular weight is 476 g/mol. The third-order valence-electron chi connectivity index (χ3n) is 5.03. The van der Waals surface area contributed by atoms with Crippen molar-refractivity contribution in [3.8, 4) is 5.75 Å². The second kappa shape index (κ2) is 9.26. The zero-order valence-corrected chi connectivity index (χ0v) is 18.9. The molecule has 1 unspecified atom stereocenters. The third kappa shape index (κ3) is 4.84. The molecule has 0 saturated carbocycles. The first-order valence-corrected chi connectivity index (χ1v) is 11.2. The van der Waals surface area contributed by atoms with Crippen LogP contribution in [-0.4, -0.2) is 23.9 Å². The predicted molar refractivity (Wildman–Crippen MR) is 124 cm³/mol. The second-order valence-electron chi connectivity index (χ2n) is 7.07. The molecule has 9 heteroatoms. The Kier molecular flexibility index (Phi) is 6.46. The number of nitrogens with one attached hydrogen (secondary N) is 2. The van der Waals surface area contributed by atoms with Gasteiger partial charge in [-0.15, -0.1) is 11.3 Å². The van der Waals surface area contributed by atoms with Crippen molar-refractivity contribution in [1.29, 1.82) is 0 Å². The Morgan fingerprint density at radius 3 is 2.58 bits per heavy atom. The van der Waals surface area contributed by atoms with Crippen LogP contribution in [0.25, 0.3) is 0 Å². The Hall–Kier alpha value is -2.61. The Morgan fingerprint density at radius 1 is 1.10 bits per heavy atom. The summed E-state index contributed by atoms with van der Waals surface area (Å²) in [4.78, 5) is 31.1. The molecule has 0 spiro atoms. The molecule has 0 saturated heterocycles. The van der Waals surface area contributed by atoms with Crippen molar-refractivity contribution in [2.45, 2.75) is 25.2 Å². The molecule has 160 valence electrons. The quantitative estimate of drug-likeness (QED) is 0.490. The number of hydrogen-bond donors (Lipinski definition) is 2. The van der Waals surface area contributed by atoms with E-state index < -0.39 is 0 Å². The van der Waals surface area contributed by atoms with Gasteiger partial charge in [0.15, 0.2) is 5.13 Å². The van der Waals surface area contributed by atoms with E-state index in [9.17, 15) is 9.59 Å². The topological polar surface area (TPSA) is 80.3 Å². The molecule has 4 rings (SSSR count). The summed E-state index contributed by atoms with van der Waals surface area (Å²) in [6.45, 7) is 0. The SMILES string of the molecule is COc1ccc(C(=O)Nc2nc3c(s2)CCCC3C(=O)Nc2ccc(Cl)c(Cl)c2)cc1. The lowest BCUT2D eigenvalue weighted by Gasteiger charge is -2.20. The van der Waals surface area contributed by atoms with Crippen LogP contribution in [0.15, 0.2) is 42.5 Å². The lowest BCUT2D eigenvalue weighted by Crippen LogP contribution is -2.24. The van der Waals surface area contributed by atoms with Crippen LogP contribution in [0.5, 0.6) is 5.75 Å². The lowest BCUT2D eigenvalue weighted by atomic mass is 9.90. The predicted octanol–water partition coefficient (Wildman–Crippen LogP) is 5.77. The minimum atomic E-state index is -0.388. The smallest absolute Gasteiger partial charge is 0.257 e. The number of methoxy groups -OCH3 is 1. The van der Waals surface area contributed by atoms with Crippen molar-refractivity contribution in [3.63, 3.8) is 0 Å². The molecule has 1 aliphatic carbocycles. The number of carbonyl (C=O) groups is 2. The van der Waals surface area contributed by atoms with Gasteiger partial charge < -0.3 is 10.1 Å². The van der Waals surface area contributed by atoms with Gasteiger partial charge in [-0.1, -0.05) is 23.2 Å². The molecule has 3 aromatic rings. The van der Waals surface area contributed by atoms with Crippen LogP contribution in [0.4, 0.5) is 10.8 Å². The van der Waals surface area contributed by atoms with Gasteiger partial charge in [0, 0.05) is 16.1 Å². The van der Waals surface area contributed by atoms with Crippen molar-refractivity contribution in [3.05, 3.63) is 68.6 Å². The van der Waals surface area contributed by atoms with E-state index in [1.54, 1.807) is 49.6 Å². The normalized spacial score (nSPS) is 15.1. The fourth-order valence-electron chi connectivity index (χ4n) is 3.44. The maximum absolute atomic E-state index is 12.9. The van der Waals surface area contributed by atoms with Crippen LogP contribution in [0.2, 0.25) is 10.0 Å². The fourth-order valence-corrected chi connectivity index (χ4v) is 4.80. The summed E-state index contributed by atoms with van der Waals surface area (Å²) < 4.78 is 5.12. The monoisotopic (exact) mass is 475 g/mol. The summed E-state index contributed by atoms with van der Waals surface area (Å²) in [5.74, 6) is -0.124. The molecule has 0 fully saturated rings. The molecule has 31 heavy (non-hydrogen) atoms. The van der Waals surface area contributed by atoms with Gasteiger partial charge >= 0.3 is 0 Å². The number of nitrogens with zero attached hydrogens (tertiary/aromatic N) is 1. The number of aryl methyl sites for hydroxylation is 1. The number of thiazole rings is 1. The maximum Gasteiger partial charge on any atom is 0.257 e. The van der Waals surface area contributed by atoms with Crippen molar-refractivity contribution in [2.24, 2.45) is 0 Å². The van der Waals surface area contributed by atoms with Crippen LogP contribution in [-0.2, 0) is 11.2 Å². The number of amides is 2. The first-order valence-electron chi connectivity index (χ1n) is 9.65. The molecule has 2 N–H and O–H groups in total. The Bertz CT molecular complexity index is 1130. The van der Waals surface area contributed by atoms with Crippen molar-refractivity contribution < 1.29 is 14.3 Å². The number of ether oxygens (including phenoxy) is 1. The molecule has 2 aromatic carbocycles. The minimum Gasteiger partial charge on any atom is -0.497 e. The molecule has 0 aliphatic heterocycles. The number of benzene rings is 2. The van der Waals surface area contributed by atoms with Gasteiger partial charge in [0.2, 0.25) is 5.91 Å². The highest BCUT2D eigenvalue weighted by atomic mass is 35.5. The van der Waals surface area contributed by atoms with Crippen LogP contribution >= 0.6 is 34.5 Å². The Morgan fingerprint density at radius 2 is 1.87 bits per heavy atom. The van der Waals surface area contributed by atoms with E-state index >= 15 is 0 Å². The summed E-state index contributed by atoms with van der Waals surface area (Å²) in [5.41, 5.74) is 1.80. The molecule has 1 atom stereocenters. The van der Waals surface area contributed by atoms with E-state index in [2.05, 4.69) is 15.6 Å². The zero-order valence-electron chi connectivity index (χ0n) is 16.6. The number of rotatable bonds is 5. The van der Waals surface area contributed by atoms with E-state index in [1.807, 2.05) is 0 Å². The highest BCUT2D eigenvalue weighted by Gasteiger charge is 2.30. The van der Waals surface area contributed by atoms with Crippen LogP contribution < -0.4 is 15.4 Å². The van der Waals surface area contributed by atoms with Gasteiger partial charge in [0.1, 0.15) is 5.75 Å². The number of aromatic nitrogens is 1. The van der Waals surface area contributed by atoms with Crippen molar-refractivity contribution in [1.82, 2.24) is 4.98 Å². The first-order chi connectivity index (χ1) is 14.9. The van der Waals surface area contributed by atoms with Gasteiger partial charge in [0.25, 0.3) is 5.91 Å². The van der Waals surface area contributed by atoms with Crippen LogP contribution in [0, 0.1) is 0 Å². The third-order valence-corrected chi connectivity index (χ3v) is 6.82. The van der Waals surface area contributed by atoms with E-state index in [0.717, 1.165) is 23.4 Å².